The van der Waals surface area contributed by atoms with Crippen molar-refractivity contribution in [1.82, 2.24) is 4.72 Å². The Labute approximate surface area is 121 Å². The third-order valence-corrected chi connectivity index (χ3v) is 4.57. The molecule has 1 rings (SSSR count). The number of benzene rings is 1. The van der Waals surface area contributed by atoms with Crippen molar-refractivity contribution in [2.24, 2.45) is 0 Å². The third-order valence-electron chi connectivity index (χ3n) is 2.83. The van der Waals surface area contributed by atoms with Gasteiger partial charge in [0.15, 0.2) is 5.82 Å². The van der Waals surface area contributed by atoms with Gasteiger partial charge in [-0.3, -0.25) is 0 Å². The number of aromatic carboxylic acids is 1. The maximum absolute atomic E-state index is 14.0. The summed E-state index contributed by atoms with van der Waals surface area (Å²) in [6.07, 6.45) is 1.06. The van der Waals surface area contributed by atoms with Crippen LogP contribution < -0.4 is 4.72 Å². The molecule has 1 aromatic rings. The molecule has 0 aliphatic carbocycles. The van der Waals surface area contributed by atoms with E-state index < -0.39 is 32.3 Å². The molecule has 112 valence electrons. The van der Waals surface area contributed by atoms with E-state index in [1.807, 2.05) is 0 Å². The van der Waals surface area contributed by atoms with Crippen LogP contribution in [0.3, 0.4) is 0 Å². The lowest BCUT2D eigenvalue weighted by molar-refractivity contribution is 0.0691. The molecule has 0 atom stereocenters. The van der Waals surface area contributed by atoms with E-state index in [1.54, 1.807) is 13.8 Å². The maximum atomic E-state index is 14.0. The van der Waals surface area contributed by atoms with E-state index in [0.717, 1.165) is 12.1 Å². The summed E-state index contributed by atoms with van der Waals surface area (Å²) < 4.78 is 40.5. The Morgan fingerprint density at radius 2 is 1.95 bits per heavy atom. The Morgan fingerprint density at radius 1 is 1.40 bits per heavy atom. The van der Waals surface area contributed by atoms with Crippen LogP contribution in [-0.4, -0.2) is 25.5 Å². The summed E-state index contributed by atoms with van der Waals surface area (Å²) in [5.41, 5.74) is -0.776. The van der Waals surface area contributed by atoms with E-state index in [4.69, 9.17) is 16.7 Å². The molecule has 20 heavy (non-hydrogen) atoms. The van der Waals surface area contributed by atoms with Crippen LogP contribution >= 0.6 is 11.6 Å². The number of hydrogen-bond donors (Lipinski definition) is 2. The highest BCUT2D eigenvalue weighted by Gasteiger charge is 2.26. The van der Waals surface area contributed by atoms with Crippen molar-refractivity contribution >= 4 is 27.6 Å². The second-order valence-electron chi connectivity index (χ2n) is 4.21. The second-order valence-corrected chi connectivity index (χ2v) is 6.32. The fourth-order valence-corrected chi connectivity index (χ4v) is 3.46. The monoisotopic (exact) mass is 323 g/mol. The predicted molar refractivity (Wildman–Crippen MR) is 73.1 cm³/mol. The lowest BCUT2D eigenvalue weighted by Crippen LogP contribution is -2.34. The number of hydrogen-bond acceptors (Lipinski definition) is 3. The van der Waals surface area contributed by atoms with Crippen molar-refractivity contribution in [2.75, 3.05) is 0 Å². The van der Waals surface area contributed by atoms with Gasteiger partial charge in [0.1, 0.15) is 4.90 Å². The second kappa shape index (κ2) is 6.51. The Morgan fingerprint density at radius 3 is 2.40 bits per heavy atom. The van der Waals surface area contributed by atoms with Crippen molar-refractivity contribution in [2.45, 2.75) is 37.6 Å². The number of rotatable bonds is 6. The number of carboxylic acid groups (broad SMARTS) is 1. The lowest BCUT2D eigenvalue weighted by atomic mass is 10.2. The molecule has 0 heterocycles. The van der Waals surface area contributed by atoms with E-state index in [9.17, 15) is 17.6 Å². The first kappa shape index (κ1) is 16.9. The summed E-state index contributed by atoms with van der Waals surface area (Å²) in [6.45, 7) is 3.57. The number of nitrogens with one attached hydrogen (secondary N) is 1. The Balaban J connectivity index is 3.35. The van der Waals surface area contributed by atoms with Crippen molar-refractivity contribution in [3.05, 3.63) is 28.5 Å². The molecule has 0 saturated carbocycles. The number of halogens is 2. The zero-order valence-corrected chi connectivity index (χ0v) is 12.6. The summed E-state index contributed by atoms with van der Waals surface area (Å²) in [5, 5.41) is 8.68. The number of carboxylic acids is 1. The molecule has 8 heteroatoms. The van der Waals surface area contributed by atoms with Crippen molar-refractivity contribution < 1.29 is 22.7 Å². The molecule has 2 N–H and O–H groups in total. The highest BCUT2D eigenvalue weighted by Crippen LogP contribution is 2.24. The minimum atomic E-state index is -4.17. The average Bonchev–Trinajstić information content (AvgIpc) is 2.37. The topological polar surface area (TPSA) is 83.5 Å². The molecule has 0 unspecified atom stereocenters. The van der Waals surface area contributed by atoms with Crippen molar-refractivity contribution in [1.29, 1.82) is 0 Å². The minimum absolute atomic E-state index is 0.159. The van der Waals surface area contributed by atoms with Gasteiger partial charge in [0, 0.05) is 11.1 Å². The van der Waals surface area contributed by atoms with E-state index in [1.165, 1.54) is 0 Å². The van der Waals surface area contributed by atoms with Crippen LogP contribution in [0.4, 0.5) is 4.39 Å². The molecular weight excluding hydrogens is 309 g/mol. The molecule has 0 spiro atoms. The van der Waals surface area contributed by atoms with E-state index in [-0.39, 0.29) is 11.1 Å². The third kappa shape index (κ3) is 3.68. The first-order chi connectivity index (χ1) is 9.22. The highest BCUT2D eigenvalue weighted by molar-refractivity contribution is 7.89. The van der Waals surface area contributed by atoms with Gasteiger partial charge in [-0.25, -0.2) is 22.3 Å². The minimum Gasteiger partial charge on any atom is -0.478 e. The van der Waals surface area contributed by atoms with Crippen molar-refractivity contribution in [3.8, 4) is 0 Å². The summed E-state index contributed by atoms with van der Waals surface area (Å²) in [7, 11) is -4.17. The van der Waals surface area contributed by atoms with Gasteiger partial charge in [-0.05, 0) is 25.0 Å². The molecule has 0 aliphatic heterocycles. The summed E-state index contributed by atoms with van der Waals surface area (Å²) in [6, 6.07) is 1.41. The zero-order chi connectivity index (χ0) is 15.5. The quantitative estimate of drug-likeness (QED) is 0.843. The highest BCUT2D eigenvalue weighted by atomic mass is 35.5. The van der Waals surface area contributed by atoms with Crippen LogP contribution in [0.5, 0.6) is 0 Å². The molecule has 0 aromatic heterocycles. The molecule has 1 aromatic carbocycles. The van der Waals surface area contributed by atoms with Crippen LogP contribution in [-0.2, 0) is 10.0 Å². The largest absolute Gasteiger partial charge is 0.478 e. The molecule has 0 saturated heterocycles. The summed E-state index contributed by atoms with van der Waals surface area (Å²) in [5.74, 6) is -2.90. The van der Waals surface area contributed by atoms with Gasteiger partial charge in [0.2, 0.25) is 10.0 Å². The average molecular weight is 324 g/mol. The summed E-state index contributed by atoms with van der Waals surface area (Å²) in [4.78, 5) is 10.1. The first-order valence-electron chi connectivity index (χ1n) is 5.97. The first-order valence-corrected chi connectivity index (χ1v) is 7.83. The molecule has 5 nitrogen and oxygen atoms in total. The lowest BCUT2D eigenvalue weighted by Gasteiger charge is -2.16. The van der Waals surface area contributed by atoms with Gasteiger partial charge in [0.25, 0.3) is 0 Å². The standard InChI is InChI=1S/C12H15ClFNO4S/c1-3-8(4-2)15-20(18,19)10-6-7(13)5-9(11(10)14)12(16)17/h5-6,8,15H,3-4H2,1-2H3,(H,16,17). The van der Waals surface area contributed by atoms with Gasteiger partial charge in [-0.2, -0.15) is 0 Å². The van der Waals surface area contributed by atoms with E-state index in [2.05, 4.69) is 4.72 Å². The molecule has 0 amide bonds. The SMILES string of the molecule is CCC(CC)NS(=O)(=O)c1cc(Cl)cc(C(=O)O)c1F. The Kier molecular flexibility index (Phi) is 5.50. The fourth-order valence-electron chi connectivity index (χ4n) is 1.65. The molecule has 0 bridgehead atoms. The van der Waals surface area contributed by atoms with Gasteiger partial charge in [-0.1, -0.05) is 25.4 Å². The zero-order valence-electron chi connectivity index (χ0n) is 11.0. The predicted octanol–water partition coefficient (Wildman–Crippen LogP) is 2.64. The van der Waals surface area contributed by atoms with Crippen molar-refractivity contribution in [3.63, 3.8) is 0 Å². The normalized spacial score (nSPS) is 11.8. The van der Waals surface area contributed by atoms with Gasteiger partial charge >= 0.3 is 5.97 Å². The smallest absolute Gasteiger partial charge is 0.338 e. The van der Waals surface area contributed by atoms with E-state index in [0.29, 0.717) is 12.8 Å². The van der Waals surface area contributed by atoms with Crippen LogP contribution in [0.15, 0.2) is 17.0 Å². The molecular formula is C12H15ClFNO4S. The Hall–Kier alpha value is -1.18. The van der Waals surface area contributed by atoms with Crippen LogP contribution in [0.2, 0.25) is 5.02 Å². The molecule has 0 radical (unpaired) electrons. The molecule has 0 fully saturated rings. The summed E-state index contributed by atoms with van der Waals surface area (Å²) >= 11 is 5.65. The fraction of sp³-hybridized carbons (Fsp3) is 0.417. The van der Waals surface area contributed by atoms with Crippen LogP contribution in [0, 0.1) is 5.82 Å². The maximum Gasteiger partial charge on any atom is 0.338 e. The van der Waals surface area contributed by atoms with Crippen LogP contribution in [0.25, 0.3) is 0 Å². The van der Waals surface area contributed by atoms with Gasteiger partial charge in [-0.15, -0.1) is 0 Å². The number of sulfonamides is 1. The van der Waals surface area contributed by atoms with Gasteiger partial charge in [0.05, 0.1) is 5.56 Å². The Bertz CT molecular complexity index is 614. The van der Waals surface area contributed by atoms with Crippen LogP contribution in [0.1, 0.15) is 37.0 Å². The van der Waals surface area contributed by atoms with E-state index >= 15 is 0 Å². The van der Waals surface area contributed by atoms with Gasteiger partial charge < -0.3 is 5.11 Å². The number of carbonyl (C=O) groups is 1. The molecule has 0 aliphatic rings.